The van der Waals surface area contributed by atoms with Crippen LogP contribution >= 0.6 is 0 Å². The van der Waals surface area contributed by atoms with Gasteiger partial charge in [0.25, 0.3) is 11.6 Å². The number of nitro groups is 1. The molecule has 122 valence electrons. The van der Waals surface area contributed by atoms with Gasteiger partial charge in [-0.3, -0.25) is 14.9 Å². The van der Waals surface area contributed by atoms with E-state index in [0.29, 0.717) is 5.56 Å². The molecule has 0 bridgehead atoms. The molecule has 0 aliphatic heterocycles. The summed E-state index contributed by atoms with van der Waals surface area (Å²) in [5.41, 5.74) is 0.435. The minimum absolute atomic E-state index is 0.0104. The Morgan fingerprint density at radius 1 is 1.27 bits per heavy atom. The molecule has 1 N–H and O–H groups in total. The van der Waals surface area contributed by atoms with Crippen LogP contribution in [-0.4, -0.2) is 41.4 Å². The first-order chi connectivity index (χ1) is 10.5. The number of amides is 1. The van der Waals surface area contributed by atoms with Crippen LogP contribution < -0.4 is 5.32 Å². The first-order valence-electron chi connectivity index (χ1n) is 7.75. The fourth-order valence-electron chi connectivity index (χ4n) is 2.27. The highest BCUT2D eigenvalue weighted by atomic mass is 16.6. The maximum atomic E-state index is 12.1. The SMILES string of the molecule is CCN(CC)CCC[C@H](C)NC(=O)c1ccc([N+](=O)[O-])cc1. The first kappa shape index (κ1) is 18.1. The minimum Gasteiger partial charge on any atom is -0.350 e. The molecule has 0 aliphatic rings. The molecular weight excluding hydrogens is 282 g/mol. The Morgan fingerprint density at radius 2 is 1.86 bits per heavy atom. The molecule has 0 aromatic heterocycles. The van der Waals surface area contributed by atoms with Crippen LogP contribution in [0.2, 0.25) is 0 Å². The van der Waals surface area contributed by atoms with E-state index in [4.69, 9.17) is 0 Å². The minimum atomic E-state index is -0.475. The molecular formula is C16H25N3O3. The third-order valence-electron chi connectivity index (χ3n) is 3.72. The molecule has 1 aromatic carbocycles. The molecule has 0 heterocycles. The number of rotatable bonds is 9. The van der Waals surface area contributed by atoms with Crippen LogP contribution in [0.1, 0.15) is 44.0 Å². The van der Waals surface area contributed by atoms with Gasteiger partial charge in [0.05, 0.1) is 4.92 Å². The molecule has 1 amide bonds. The van der Waals surface area contributed by atoms with Gasteiger partial charge in [-0.1, -0.05) is 13.8 Å². The number of hydrogen-bond donors (Lipinski definition) is 1. The van der Waals surface area contributed by atoms with E-state index in [1.165, 1.54) is 24.3 Å². The zero-order valence-electron chi connectivity index (χ0n) is 13.5. The molecule has 0 saturated carbocycles. The molecule has 6 heteroatoms. The van der Waals surface area contributed by atoms with Gasteiger partial charge in [0.15, 0.2) is 0 Å². The highest BCUT2D eigenvalue weighted by molar-refractivity contribution is 5.94. The summed E-state index contributed by atoms with van der Waals surface area (Å²) in [4.78, 5) is 24.5. The molecule has 1 aromatic rings. The number of nitrogens with zero attached hydrogens (tertiary/aromatic N) is 2. The van der Waals surface area contributed by atoms with Gasteiger partial charge in [-0.15, -0.1) is 0 Å². The van der Waals surface area contributed by atoms with Gasteiger partial charge in [0, 0.05) is 23.7 Å². The number of carbonyl (C=O) groups excluding carboxylic acids is 1. The Morgan fingerprint density at radius 3 is 2.36 bits per heavy atom. The van der Waals surface area contributed by atoms with Crippen molar-refractivity contribution in [2.75, 3.05) is 19.6 Å². The third kappa shape index (κ3) is 5.81. The van der Waals surface area contributed by atoms with Gasteiger partial charge in [-0.25, -0.2) is 0 Å². The van der Waals surface area contributed by atoms with E-state index in [9.17, 15) is 14.9 Å². The smallest absolute Gasteiger partial charge is 0.269 e. The molecule has 0 radical (unpaired) electrons. The Kier molecular flexibility index (Phi) is 7.52. The van der Waals surface area contributed by atoms with Crippen LogP contribution in [-0.2, 0) is 0 Å². The fourth-order valence-corrected chi connectivity index (χ4v) is 2.27. The zero-order chi connectivity index (χ0) is 16.5. The van der Waals surface area contributed by atoms with Crippen molar-refractivity contribution in [3.8, 4) is 0 Å². The Hall–Kier alpha value is -1.95. The van der Waals surface area contributed by atoms with E-state index < -0.39 is 4.92 Å². The van der Waals surface area contributed by atoms with Crippen LogP contribution in [0, 0.1) is 10.1 Å². The summed E-state index contributed by atoms with van der Waals surface area (Å²) >= 11 is 0. The van der Waals surface area contributed by atoms with Gasteiger partial charge in [0.2, 0.25) is 0 Å². The van der Waals surface area contributed by atoms with E-state index in [1.807, 2.05) is 6.92 Å². The average Bonchev–Trinajstić information content (AvgIpc) is 2.51. The monoisotopic (exact) mass is 307 g/mol. The molecule has 0 aliphatic carbocycles. The molecule has 0 fully saturated rings. The molecule has 0 unspecified atom stereocenters. The van der Waals surface area contributed by atoms with Crippen LogP contribution in [0.25, 0.3) is 0 Å². The van der Waals surface area contributed by atoms with Crippen molar-refractivity contribution in [1.29, 1.82) is 0 Å². The summed E-state index contributed by atoms with van der Waals surface area (Å²) in [6.45, 7) is 9.38. The van der Waals surface area contributed by atoms with Gasteiger partial charge < -0.3 is 10.2 Å². The quantitative estimate of drug-likeness (QED) is 0.562. The second-order valence-corrected chi connectivity index (χ2v) is 5.35. The second kappa shape index (κ2) is 9.15. The van der Waals surface area contributed by atoms with Crippen molar-refractivity contribution in [1.82, 2.24) is 10.2 Å². The Bertz CT molecular complexity index is 484. The van der Waals surface area contributed by atoms with Gasteiger partial charge in [-0.05, 0) is 51.5 Å². The van der Waals surface area contributed by atoms with Crippen molar-refractivity contribution >= 4 is 11.6 Å². The van der Waals surface area contributed by atoms with Gasteiger partial charge in [0.1, 0.15) is 0 Å². The standard InChI is InChI=1S/C16H25N3O3/c1-4-18(5-2)12-6-7-13(3)17-16(20)14-8-10-15(11-9-14)19(21)22/h8-11,13H,4-7,12H2,1-3H3,(H,17,20)/t13-/m0/s1. The summed E-state index contributed by atoms with van der Waals surface area (Å²) in [5, 5.41) is 13.5. The molecule has 0 saturated heterocycles. The first-order valence-corrected chi connectivity index (χ1v) is 7.75. The summed E-state index contributed by atoms with van der Waals surface area (Å²) in [7, 11) is 0. The summed E-state index contributed by atoms with van der Waals surface area (Å²) in [6, 6.07) is 5.74. The molecule has 1 atom stereocenters. The second-order valence-electron chi connectivity index (χ2n) is 5.35. The van der Waals surface area contributed by atoms with Crippen molar-refractivity contribution in [3.63, 3.8) is 0 Å². The zero-order valence-corrected chi connectivity index (χ0v) is 13.5. The van der Waals surface area contributed by atoms with Crippen molar-refractivity contribution in [3.05, 3.63) is 39.9 Å². The number of non-ortho nitro benzene ring substituents is 1. The van der Waals surface area contributed by atoms with Crippen LogP contribution in [0.4, 0.5) is 5.69 Å². The number of nitro benzene ring substituents is 1. The van der Waals surface area contributed by atoms with E-state index >= 15 is 0 Å². The lowest BCUT2D eigenvalue weighted by molar-refractivity contribution is -0.384. The maximum Gasteiger partial charge on any atom is 0.269 e. The topological polar surface area (TPSA) is 75.5 Å². The fraction of sp³-hybridized carbons (Fsp3) is 0.562. The van der Waals surface area contributed by atoms with Crippen LogP contribution in [0.3, 0.4) is 0 Å². The maximum absolute atomic E-state index is 12.1. The van der Waals surface area contributed by atoms with Crippen molar-refractivity contribution in [2.24, 2.45) is 0 Å². The van der Waals surface area contributed by atoms with Crippen LogP contribution in [0.15, 0.2) is 24.3 Å². The largest absolute Gasteiger partial charge is 0.350 e. The number of benzene rings is 1. The summed E-state index contributed by atoms with van der Waals surface area (Å²) in [5.74, 6) is -0.190. The highest BCUT2D eigenvalue weighted by Crippen LogP contribution is 2.12. The Balaban J connectivity index is 2.42. The predicted octanol–water partition coefficient (Wildman–Crippen LogP) is 2.84. The average molecular weight is 307 g/mol. The van der Waals surface area contributed by atoms with E-state index in [-0.39, 0.29) is 17.6 Å². The third-order valence-corrected chi connectivity index (χ3v) is 3.72. The number of hydrogen-bond acceptors (Lipinski definition) is 4. The van der Waals surface area contributed by atoms with Gasteiger partial charge in [-0.2, -0.15) is 0 Å². The summed E-state index contributed by atoms with van der Waals surface area (Å²) in [6.07, 6.45) is 1.94. The molecule has 0 spiro atoms. The number of nitrogens with one attached hydrogen (secondary N) is 1. The summed E-state index contributed by atoms with van der Waals surface area (Å²) < 4.78 is 0. The lowest BCUT2D eigenvalue weighted by Crippen LogP contribution is -2.33. The molecule has 22 heavy (non-hydrogen) atoms. The number of carbonyl (C=O) groups is 1. The van der Waals surface area contributed by atoms with E-state index in [2.05, 4.69) is 24.1 Å². The van der Waals surface area contributed by atoms with Crippen molar-refractivity contribution < 1.29 is 9.72 Å². The normalized spacial score (nSPS) is 12.2. The lowest BCUT2D eigenvalue weighted by Gasteiger charge is -2.19. The van der Waals surface area contributed by atoms with E-state index in [0.717, 1.165) is 32.5 Å². The van der Waals surface area contributed by atoms with Gasteiger partial charge >= 0.3 is 0 Å². The van der Waals surface area contributed by atoms with Crippen molar-refractivity contribution in [2.45, 2.75) is 39.7 Å². The Labute approximate surface area is 131 Å². The van der Waals surface area contributed by atoms with Crippen LogP contribution in [0.5, 0.6) is 0 Å². The predicted molar refractivity (Wildman–Crippen MR) is 87.0 cm³/mol. The van der Waals surface area contributed by atoms with E-state index in [1.54, 1.807) is 0 Å². The molecule has 1 rings (SSSR count). The molecule has 6 nitrogen and oxygen atoms in total. The highest BCUT2D eigenvalue weighted by Gasteiger charge is 2.12. The lowest BCUT2D eigenvalue weighted by atomic mass is 10.1.